The standard InChI is InChI=1S/C16H23N3O5/c1-11-13(17-15(21)10-23-2)4-3-5-14(11)18-16(22)19-6-7-24-9-12(19)8-20/h3-5,12,20H,6-10H2,1-2H3,(H,17,21)(H,18,22). The van der Waals surface area contributed by atoms with Gasteiger partial charge in [0.05, 0.1) is 25.9 Å². The third kappa shape index (κ3) is 4.44. The van der Waals surface area contributed by atoms with Crippen molar-refractivity contribution in [2.24, 2.45) is 0 Å². The van der Waals surface area contributed by atoms with Crippen LogP contribution in [0.2, 0.25) is 0 Å². The first kappa shape index (κ1) is 18.2. The Morgan fingerprint density at radius 1 is 1.38 bits per heavy atom. The summed E-state index contributed by atoms with van der Waals surface area (Å²) in [7, 11) is 1.45. The highest BCUT2D eigenvalue weighted by atomic mass is 16.5. The zero-order valence-corrected chi connectivity index (χ0v) is 13.9. The number of methoxy groups -OCH3 is 1. The van der Waals surface area contributed by atoms with Crippen LogP contribution in [0, 0.1) is 6.92 Å². The Hall–Kier alpha value is -2.16. The fraction of sp³-hybridized carbons (Fsp3) is 0.500. The molecule has 1 aromatic carbocycles. The lowest BCUT2D eigenvalue weighted by atomic mass is 10.1. The lowest BCUT2D eigenvalue weighted by Crippen LogP contribution is -2.52. The first-order chi connectivity index (χ1) is 11.6. The summed E-state index contributed by atoms with van der Waals surface area (Å²) in [6, 6.07) is 4.59. The van der Waals surface area contributed by atoms with E-state index in [1.165, 1.54) is 7.11 Å². The number of aliphatic hydroxyl groups excluding tert-OH is 1. The Morgan fingerprint density at radius 3 is 2.75 bits per heavy atom. The summed E-state index contributed by atoms with van der Waals surface area (Å²) in [5, 5.41) is 14.9. The number of benzene rings is 1. The second-order valence-corrected chi connectivity index (χ2v) is 5.49. The number of aliphatic hydroxyl groups is 1. The van der Waals surface area contributed by atoms with E-state index in [0.717, 1.165) is 5.56 Å². The molecule has 132 valence electrons. The average molecular weight is 337 g/mol. The van der Waals surface area contributed by atoms with Crippen LogP contribution in [0.5, 0.6) is 0 Å². The number of hydrogen-bond donors (Lipinski definition) is 3. The molecule has 1 fully saturated rings. The van der Waals surface area contributed by atoms with Crippen molar-refractivity contribution < 1.29 is 24.2 Å². The van der Waals surface area contributed by atoms with Gasteiger partial charge in [0, 0.05) is 25.0 Å². The van der Waals surface area contributed by atoms with Crippen LogP contribution >= 0.6 is 0 Å². The van der Waals surface area contributed by atoms with E-state index in [0.29, 0.717) is 31.1 Å². The minimum atomic E-state index is -0.358. The van der Waals surface area contributed by atoms with Crippen molar-refractivity contribution in [1.82, 2.24) is 4.90 Å². The number of carbonyl (C=O) groups is 2. The number of hydrogen-bond acceptors (Lipinski definition) is 5. The van der Waals surface area contributed by atoms with Gasteiger partial charge in [-0.05, 0) is 24.6 Å². The number of anilines is 2. The molecule has 0 radical (unpaired) electrons. The monoisotopic (exact) mass is 337 g/mol. The van der Waals surface area contributed by atoms with Crippen molar-refractivity contribution in [2.75, 3.05) is 50.7 Å². The molecule has 1 unspecified atom stereocenters. The first-order valence-electron chi connectivity index (χ1n) is 7.71. The van der Waals surface area contributed by atoms with Gasteiger partial charge in [-0.15, -0.1) is 0 Å². The predicted octanol–water partition coefficient (Wildman–Crippen LogP) is 0.805. The average Bonchev–Trinajstić information content (AvgIpc) is 2.58. The van der Waals surface area contributed by atoms with Crippen molar-refractivity contribution in [2.45, 2.75) is 13.0 Å². The van der Waals surface area contributed by atoms with Crippen LogP contribution in [0.4, 0.5) is 16.2 Å². The molecular formula is C16H23N3O5. The van der Waals surface area contributed by atoms with E-state index in [-0.39, 0.29) is 31.2 Å². The van der Waals surface area contributed by atoms with Crippen molar-refractivity contribution in [3.8, 4) is 0 Å². The zero-order chi connectivity index (χ0) is 17.5. The molecule has 3 N–H and O–H groups in total. The molecule has 8 nitrogen and oxygen atoms in total. The van der Waals surface area contributed by atoms with Crippen molar-refractivity contribution in [1.29, 1.82) is 0 Å². The van der Waals surface area contributed by atoms with Gasteiger partial charge in [0.1, 0.15) is 6.61 Å². The number of urea groups is 1. The molecule has 1 saturated heterocycles. The maximum Gasteiger partial charge on any atom is 0.322 e. The fourth-order valence-electron chi connectivity index (χ4n) is 2.48. The predicted molar refractivity (Wildman–Crippen MR) is 89.1 cm³/mol. The Morgan fingerprint density at radius 2 is 2.08 bits per heavy atom. The largest absolute Gasteiger partial charge is 0.394 e. The van der Waals surface area contributed by atoms with E-state index in [9.17, 15) is 14.7 Å². The molecule has 0 aromatic heterocycles. The topological polar surface area (TPSA) is 100 Å². The summed E-state index contributed by atoms with van der Waals surface area (Å²) in [6.45, 7) is 2.79. The molecule has 1 atom stereocenters. The lowest BCUT2D eigenvalue weighted by molar-refractivity contribution is -0.119. The highest BCUT2D eigenvalue weighted by Crippen LogP contribution is 2.24. The van der Waals surface area contributed by atoms with Gasteiger partial charge in [-0.3, -0.25) is 4.79 Å². The van der Waals surface area contributed by atoms with E-state index in [1.807, 2.05) is 0 Å². The van der Waals surface area contributed by atoms with Gasteiger partial charge < -0.3 is 30.1 Å². The summed E-state index contributed by atoms with van der Waals surface area (Å²) in [4.78, 5) is 25.7. The zero-order valence-electron chi connectivity index (χ0n) is 13.9. The molecule has 0 bridgehead atoms. The number of ether oxygens (including phenoxy) is 2. The molecule has 2 rings (SSSR count). The Bertz CT molecular complexity index is 593. The van der Waals surface area contributed by atoms with Crippen LogP contribution in [-0.2, 0) is 14.3 Å². The van der Waals surface area contributed by atoms with Gasteiger partial charge in [-0.25, -0.2) is 4.79 Å². The Kier molecular flexibility index (Phi) is 6.53. The second-order valence-electron chi connectivity index (χ2n) is 5.49. The van der Waals surface area contributed by atoms with Crippen LogP contribution in [0.25, 0.3) is 0 Å². The maximum atomic E-state index is 12.5. The molecule has 1 aliphatic rings. The molecular weight excluding hydrogens is 314 g/mol. The SMILES string of the molecule is COCC(=O)Nc1cccc(NC(=O)N2CCOCC2CO)c1C. The van der Waals surface area contributed by atoms with E-state index in [4.69, 9.17) is 9.47 Å². The number of amides is 3. The minimum Gasteiger partial charge on any atom is -0.394 e. The minimum absolute atomic E-state index is 0.0397. The van der Waals surface area contributed by atoms with Crippen molar-refractivity contribution in [3.63, 3.8) is 0 Å². The molecule has 8 heteroatoms. The maximum absolute atomic E-state index is 12.5. The number of nitrogens with zero attached hydrogens (tertiary/aromatic N) is 1. The Labute approximate surface area is 140 Å². The molecule has 1 heterocycles. The third-order valence-corrected chi connectivity index (χ3v) is 3.82. The molecule has 24 heavy (non-hydrogen) atoms. The Balaban J connectivity index is 2.09. The number of morpholine rings is 1. The molecule has 1 aliphatic heterocycles. The summed E-state index contributed by atoms with van der Waals surface area (Å²) in [6.07, 6.45) is 0. The van der Waals surface area contributed by atoms with E-state index in [2.05, 4.69) is 10.6 Å². The highest BCUT2D eigenvalue weighted by molar-refractivity contribution is 5.95. The van der Waals surface area contributed by atoms with Crippen LogP contribution in [0.15, 0.2) is 18.2 Å². The van der Waals surface area contributed by atoms with E-state index in [1.54, 1.807) is 30.0 Å². The van der Waals surface area contributed by atoms with Crippen molar-refractivity contribution >= 4 is 23.3 Å². The van der Waals surface area contributed by atoms with Gasteiger partial charge >= 0.3 is 6.03 Å². The van der Waals surface area contributed by atoms with Gasteiger partial charge in [0.15, 0.2) is 0 Å². The summed E-state index contributed by atoms with van der Waals surface area (Å²) < 4.78 is 10.1. The van der Waals surface area contributed by atoms with E-state index >= 15 is 0 Å². The lowest BCUT2D eigenvalue weighted by Gasteiger charge is -2.34. The fourth-order valence-corrected chi connectivity index (χ4v) is 2.48. The molecule has 0 saturated carbocycles. The summed E-state index contributed by atoms with van der Waals surface area (Å²) in [5.41, 5.74) is 1.94. The van der Waals surface area contributed by atoms with Crippen LogP contribution in [-0.4, -0.2) is 68.1 Å². The highest BCUT2D eigenvalue weighted by Gasteiger charge is 2.27. The van der Waals surface area contributed by atoms with Gasteiger partial charge in [0.25, 0.3) is 0 Å². The quantitative estimate of drug-likeness (QED) is 0.738. The first-order valence-corrected chi connectivity index (χ1v) is 7.71. The van der Waals surface area contributed by atoms with Gasteiger partial charge in [-0.2, -0.15) is 0 Å². The molecule has 1 aromatic rings. The summed E-state index contributed by atoms with van der Waals surface area (Å²) in [5.74, 6) is -0.266. The number of nitrogens with one attached hydrogen (secondary N) is 2. The van der Waals surface area contributed by atoms with Gasteiger partial charge in [-0.1, -0.05) is 6.07 Å². The normalized spacial score (nSPS) is 17.5. The van der Waals surface area contributed by atoms with E-state index < -0.39 is 0 Å². The number of rotatable bonds is 5. The van der Waals surface area contributed by atoms with Crippen LogP contribution in [0.1, 0.15) is 5.56 Å². The van der Waals surface area contributed by atoms with Crippen LogP contribution in [0.3, 0.4) is 0 Å². The third-order valence-electron chi connectivity index (χ3n) is 3.82. The molecule has 3 amide bonds. The molecule has 0 aliphatic carbocycles. The van der Waals surface area contributed by atoms with Crippen LogP contribution < -0.4 is 10.6 Å². The second kappa shape index (κ2) is 8.62. The molecule has 0 spiro atoms. The van der Waals surface area contributed by atoms with Gasteiger partial charge in [0.2, 0.25) is 5.91 Å². The smallest absolute Gasteiger partial charge is 0.322 e. The van der Waals surface area contributed by atoms with Crippen molar-refractivity contribution in [3.05, 3.63) is 23.8 Å². The summed E-state index contributed by atoms with van der Waals surface area (Å²) >= 11 is 0. The number of carbonyl (C=O) groups excluding carboxylic acids is 2.